The average Bonchev–Trinajstić information content (AvgIpc) is 2.47. The second kappa shape index (κ2) is 7.57. The molecular weight excluding hydrogens is 292 g/mol. The van der Waals surface area contributed by atoms with Crippen molar-refractivity contribution >= 4 is 11.9 Å². The third-order valence-electron chi connectivity index (χ3n) is 4.70. The van der Waals surface area contributed by atoms with Gasteiger partial charge in [-0.1, -0.05) is 27.2 Å². The number of nitrogens with two attached hydrogens (primary N) is 1. The van der Waals surface area contributed by atoms with Crippen molar-refractivity contribution in [2.75, 3.05) is 0 Å². The maximum Gasteiger partial charge on any atom is 0.372 e. The van der Waals surface area contributed by atoms with Crippen LogP contribution < -0.4 is 10.3 Å². The molecule has 0 bridgehead atoms. The van der Waals surface area contributed by atoms with E-state index in [2.05, 4.69) is 20.8 Å². The van der Waals surface area contributed by atoms with E-state index in [4.69, 9.17) is 10.5 Å². The maximum atomic E-state index is 12.3. The van der Waals surface area contributed by atoms with Crippen LogP contribution in [0.3, 0.4) is 0 Å². The molecule has 2 N–H and O–H groups in total. The van der Waals surface area contributed by atoms with Gasteiger partial charge in [0.05, 0.1) is 0 Å². The summed E-state index contributed by atoms with van der Waals surface area (Å²) >= 11 is 0. The summed E-state index contributed by atoms with van der Waals surface area (Å²) in [5.74, 6) is 0.756. The number of hydrogen-bond donors (Lipinski definition) is 1. The largest absolute Gasteiger partial charge is 0.457 e. The van der Waals surface area contributed by atoms with Crippen LogP contribution in [0.4, 0.5) is 0 Å². The molecule has 1 aliphatic carbocycles. The quantitative estimate of drug-likeness (QED) is 0.667. The highest BCUT2D eigenvalue weighted by Crippen LogP contribution is 2.35. The van der Waals surface area contributed by atoms with Crippen LogP contribution in [-0.4, -0.2) is 18.0 Å². The van der Waals surface area contributed by atoms with Crippen molar-refractivity contribution in [3.63, 3.8) is 0 Å². The van der Waals surface area contributed by atoms with Crippen molar-refractivity contribution in [2.24, 2.45) is 23.5 Å². The van der Waals surface area contributed by atoms with Gasteiger partial charge in [-0.3, -0.25) is 4.79 Å². The van der Waals surface area contributed by atoms with Gasteiger partial charge in [0, 0.05) is 6.07 Å². The third kappa shape index (κ3) is 4.78. The second-order valence-electron chi connectivity index (χ2n) is 6.98. The molecule has 23 heavy (non-hydrogen) atoms. The number of nitrogens with zero attached hydrogens (tertiary/aromatic N) is 1. The molecule has 0 aliphatic heterocycles. The zero-order valence-corrected chi connectivity index (χ0v) is 14.2. The standard InChI is InChI=1S/C18H26N2O3/c1-12(2)15-7-6-13(3)9-16(15)23-17(21)11-20-8-4-5-14(10-20)18(19)22/h4-5,8,10,12-13,15-16H,6-7,9,11H2,1-3H3,(H-,19,22)/p+1/t13-,15+,16+/m0/s1. The Hall–Kier alpha value is -1.91. The normalized spacial score (nSPS) is 24.4. The fraction of sp³-hybridized carbons (Fsp3) is 0.611. The molecule has 0 aromatic carbocycles. The Morgan fingerprint density at radius 3 is 2.78 bits per heavy atom. The number of aromatic nitrogens is 1. The fourth-order valence-corrected chi connectivity index (χ4v) is 3.37. The predicted octanol–water partition coefficient (Wildman–Crippen LogP) is 2.08. The minimum Gasteiger partial charge on any atom is -0.457 e. The molecule has 1 aliphatic rings. The van der Waals surface area contributed by atoms with E-state index in [1.807, 2.05) is 0 Å². The average molecular weight is 319 g/mol. The van der Waals surface area contributed by atoms with Gasteiger partial charge in [-0.05, 0) is 36.7 Å². The van der Waals surface area contributed by atoms with Crippen LogP contribution in [-0.2, 0) is 16.1 Å². The van der Waals surface area contributed by atoms with Crippen LogP contribution in [0.25, 0.3) is 0 Å². The van der Waals surface area contributed by atoms with Gasteiger partial charge in [0.25, 0.3) is 5.91 Å². The molecular formula is C18H27N2O3+. The molecule has 1 fully saturated rings. The summed E-state index contributed by atoms with van der Waals surface area (Å²) in [6.45, 7) is 6.68. The summed E-state index contributed by atoms with van der Waals surface area (Å²) in [6, 6.07) is 3.33. The number of ether oxygens (including phenoxy) is 1. The lowest BCUT2D eigenvalue weighted by atomic mass is 9.75. The Kier molecular flexibility index (Phi) is 5.74. The Balaban J connectivity index is 2.00. The first-order valence-electron chi connectivity index (χ1n) is 8.35. The molecule has 1 heterocycles. The Bertz CT molecular complexity index is 571. The highest BCUT2D eigenvalue weighted by Gasteiger charge is 2.33. The lowest BCUT2D eigenvalue weighted by Crippen LogP contribution is -2.42. The first-order valence-corrected chi connectivity index (χ1v) is 8.35. The highest BCUT2D eigenvalue weighted by molar-refractivity contribution is 5.92. The number of pyridine rings is 1. The van der Waals surface area contributed by atoms with Gasteiger partial charge in [-0.2, -0.15) is 4.57 Å². The van der Waals surface area contributed by atoms with Crippen molar-refractivity contribution in [2.45, 2.75) is 52.7 Å². The van der Waals surface area contributed by atoms with Gasteiger partial charge >= 0.3 is 5.97 Å². The molecule has 1 amide bonds. The number of primary amides is 1. The molecule has 0 spiro atoms. The summed E-state index contributed by atoms with van der Waals surface area (Å²) in [4.78, 5) is 23.5. The zero-order valence-electron chi connectivity index (χ0n) is 14.2. The first-order chi connectivity index (χ1) is 10.9. The van der Waals surface area contributed by atoms with Crippen molar-refractivity contribution in [1.29, 1.82) is 0 Å². The van der Waals surface area contributed by atoms with Crippen LogP contribution in [0.15, 0.2) is 24.5 Å². The monoisotopic (exact) mass is 319 g/mol. The topological polar surface area (TPSA) is 73.3 Å². The summed E-state index contributed by atoms with van der Waals surface area (Å²) in [5, 5.41) is 0. The number of amides is 1. The molecule has 2 rings (SSSR count). The molecule has 1 aromatic heterocycles. The second-order valence-corrected chi connectivity index (χ2v) is 6.98. The maximum absolute atomic E-state index is 12.3. The van der Waals surface area contributed by atoms with E-state index in [0.717, 1.165) is 12.8 Å². The molecule has 0 radical (unpaired) electrons. The molecule has 5 heteroatoms. The number of rotatable bonds is 5. The van der Waals surface area contributed by atoms with Gasteiger partial charge < -0.3 is 10.5 Å². The van der Waals surface area contributed by atoms with Crippen LogP contribution in [0.2, 0.25) is 0 Å². The van der Waals surface area contributed by atoms with Crippen LogP contribution in [0, 0.1) is 17.8 Å². The van der Waals surface area contributed by atoms with Gasteiger partial charge in [-0.25, -0.2) is 4.79 Å². The van der Waals surface area contributed by atoms with Crippen molar-refractivity contribution < 1.29 is 18.9 Å². The summed E-state index contributed by atoms with van der Waals surface area (Å²) in [5.41, 5.74) is 5.64. The van der Waals surface area contributed by atoms with E-state index in [0.29, 0.717) is 23.3 Å². The zero-order chi connectivity index (χ0) is 17.0. The highest BCUT2D eigenvalue weighted by atomic mass is 16.5. The van der Waals surface area contributed by atoms with Crippen LogP contribution in [0.1, 0.15) is 50.4 Å². The molecule has 0 saturated heterocycles. The first kappa shape index (κ1) is 17.4. The predicted molar refractivity (Wildman–Crippen MR) is 86.4 cm³/mol. The molecule has 1 aromatic rings. The number of hydrogen-bond acceptors (Lipinski definition) is 3. The van der Waals surface area contributed by atoms with E-state index in [9.17, 15) is 9.59 Å². The van der Waals surface area contributed by atoms with E-state index in [-0.39, 0.29) is 18.6 Å². The van der Waals surface area contributed by atoms with Crippen LogP contribution in [0.5, 0.6) is 0 Å². The van der Waals surface area contributed by atoms with Gasteiger partial charge in [0.2, 0.25) is 6.54 Å². The molecule has 126 valence electrons. The smallest absolute Gasteiger partial charge is 0.372 e. The molecule has 1 saturated carbocycles. The number of carbonyl (C=O) groups is 2. The third-order valence-corrected chi connectivity index (χ3v) is 4.70. The van der Waals surface area contributed by atoms with Crippen molar-refractivity contribution in [3.05, 3.63) is 30.1 Å². The van der Waals surface area contributed by atoms with Crippen molar-refractivity contribution in [3.8, 4) is 0 Å². The Labute approximate surface area is 137 Å². The Morgan fingerprint density at radius 1 is 1.39 bits per heavy atom. The summed E-state index contributed by atoms with van der Waals surface area (Å²) in [6.07, 6.45) is 6.55. The van der Waals surface area contributed by atoms with E-state index >= 15 is 0 Å². The lowest BCUT2D eigenvalue weighted by molar-refractivity contribution is -0.686. The lowest BCUT2D eigenvalue weighted by Gasteiger charge is -2.36. The number of carbonyl (C=O) groups excluding carboxylic acids is 2. The van der Waals surface area contributed by atoms with Crippen molar-refractivity contribution in [1.82, 2.24) is 0 Å². The molecule has 3 atom stereocenters. The minimum atomic E-state index is -0.506. The van der Waals surface area contributed by atoms with Gasteiger partial charge in [-0.15, -0.1) is 0 Å². The number of esters is 1. The van der Waals surface area contributed by atoms with Gasteiger partial charge in [0.1, 0.15) is 11.7 Å². The Morgan fingerprint density at radius 2 is 2.13 bits per heavy atom. The SMILES string of the molecule is CC(C)[C@H]1CC[C@H](C)C[C@H]1OC(=O)C[n+]1cccc(C(N)=O)c1. The molecule has 5 nitrogen and oxygen atoms in total. The van der Waals surface area contributed by atoms with Crippen LogP contribution >= 0.6 is 0 Å². The molecule has 0 unspecified atom stereocenters. The van der Waals surface area contributed by atoms with E-state index in [1.165, 1.54) is 6.42 Å². The van der Waals surface area contributed by atoms with E-state index in [1.54, 1.807) is 29.1 Å². The van der Waals surface area contributed by atoms with E-state index < -0.39 is 5.91 Å². The minimum absolute atomic E-state index is 0.00817. The fourth-order valence-electron chi connectivity index (χ4n) is 3.37. The summed E-state index contributed by atoms with van der Waals surface area (Å²) < 4.78 is 7.40. The summed E-state index contributed by atoms with van der Waals surface area (Å²) in [7, 11) is 0. The van der Waals surface area contributed by atoms with Gasteiger partial charge in [0.15, 0.2) is 12.4 Å².